The smallest absolute Gasteiger partial charge is 0.305 e. The molecule has 2 aromatic carbocycles. The number of anilines is 1. The maximum atomic E-state index is 14.0. The zero-order chi connectivity index (χ0) is 18.1. The van der Waals surface area contributed by atoms with Crippen molar-refractivity contribution in [1.82, 2.24) is 0 Å². The number of hydrogen-bond acceptors (Lipinski definition) is 4. The van der Waals surface area contributed by atoms with Gasteiger partial charge in [0.05, 0.1) is 0 Å². The van der Waals surface area contributed by atoms with Crippen molar-refractivity contribution in [1.29, 1.82) is 0 Å². The fraction of sp³-hybridized carbons (Fsp3) is 0.222. The Bertz CT molecular complexity index is 855. The lowest BCUT2D eigenvalue weighted by molar-refractivity contribution is -0.187. The van der Waals surface area contributed by atoms with Crippen LogP contribution in [0.2, 0.25) is 5.02 Å². The van der Waals surface area contributed by atoms with Gasteiger partial charge in [-0.1, -0.05) is 23.7 Å². The van der Waals surface area contributed by atoms with Gasteiger partial charge in [-0.3, -0.25) is 9.59 Å². The Morgan fingerprint density at radius 1 is 1.28 bits per heavy atom. The molecular formula is C18H15ClFNO4. The van der Waals surface area contributed by atoms with Crippen molar-refractivity contribution >= 4 is 29.2 Å². The zero-order valence-electron chi connectivity index (χ0n) is 13.5. The molecule has 0 aliphatic carbocycles. The quantitative estimate of drug-likeness (QED) is 0.826. The van der Waals surface area contributed by atoms with Gasteiger partial charge in [0.2, 0.25) is 0 Å². The van der Waals surface area contributed by atoms with Crippen molar-refractivity contribution in [2.24, 2.45) is 0 Å². The number of fused-ring (bicyclic) bond motifs is 1. The molecule has 130 valence electrons. The zero-order valence-corrected chi connectivity index (χ0v) is 14.3. The van der Waals surface area contributed by atoms with Crippen LogP contribution >= 0.6 is 11.6 Å². The monoisotopic (exact) mass is 363 g/mol. The first kappa shape index (κ1) is 17.4. The van der Waals surface area contributed by atoms with Crippen LogP contribution in [0.25, 0.3) is 0 Å². The van der Waals surface area contributed by atoms with Crippen molar-refractivity contribution in [3.63, 3.8) is 0 Å². The second-order valence-corrected chi connectivity index (χ2v) is 6.07. The van der Waals surface area contributed by atoms with E-state index < -0.39 is 30.1 Å². The summed E-state index contributed by atoms with van der Waals surface area (Å²) in [5.74, 6) is -1.70. The molecule has 0 radical (unpaired) electrons. The number of ether oxygens (including phenoxy) is 2. The van der Waals surface area contributed by atoms with E-state index in [1.807, 2.05) is 0 Å². The van der Waals surface area contributed by atoms with Crippen LogP contribution < -0.4 is 5.32 Å². The summed E-state index contributed by atoms with van der Waals surface area (Å²) in [7, 11) is 0. The Labute approximate surface area is 148 Å². The Hall–Kier alpha value is -2.44. The second-order valence-electron chi connectivity index (χ2n) is 5.63. The van der Waals surface area contributed by atoms with Gasteiger partial charge in [-0.15, -0.1) is 0 Å². The van der Waals surface area contributed by atoms with Crippen LogP contribution in [-0.2, 0) is 19.1 Å². The minimum atomic E-state index is -1.46. The lowest BCUT2D eigenvalue weighted by atomic mass is 9.96. The molecule has 0 aromatic heterocycles. The van der Waals surface area contributed by atoms with Crippen molar-refractivity contribution < 1.29 is 23.5 Å². The Kier molecular flexibility index (Phi) is 4.74. The van der Waals surface area contributed by atoms with E-state index in [4.69, 9.17) is 21.1 Å². The van der Waals surface area contributed by atoms with Crippen LogP contribution in [0.3, 0.4) is 0 Å². The van der Waals surface area contributed by atoms with Crippen LogP contribution in [0.15, 0.2) is 36.4 Å². The summed E-state index contributed by atoms with van der Waals surface area (Å²) in [5.41, 5.74) is 1.88. The Balaban J connectivity index is 2.15. The molecule has 1 amide bonds. The number of carbonyl (C=O) groups excluding carboxylic acids is 2. The highest BCUT2D eigenvalue weighted by Gasteiger charge is 2.34. The highest BCUT2D eigenvalue weighted by atomic mass is 35.5. The van der Waals surface area contributed by atoms with Gasteiger partial charge >= 0.3 is 5.97 Å². The Morgan fingerprint density at radius 2 is 2.04 bits per heavy atom. The molecule has 1 N–H and O–H groups in total. The normalized spacial score (nSPS) is 19.6. The largest absolute Gasteiger partial charge is 0.426 e. The standard InChI is InChI=1S/C18H15ClFNO4/c1-9-12(4-3-5-14(9)20)16-13-8-11(19)6-7-15(13)21-17(23)18(25-16)24-10(2)22/h3-8,16,18H,1-2H3,(H,21,23). The molecule has 1 aliphatic rings. The highest BCUT2D eigenvalue weighted by molar-refractivity contribution is 6.30. The number of hydrogen-bond donors (Lipinski definition) is 1. The summed E-state index contributed by atoms with van der Waals surface area (Å²) in [6.45, 7) is 2.78. The third kappa shape index (κ3) is 3.50. The van der Waals surface area contributed by atoms with Gasteiger partial charge in [0.1, 0.15) is 11.9 Å². The van der Waals surface area contributed by atoms with E-state index in [0.29, 0.717) is 27.4 Å². The molecule has 1 aliphatic heterocycles. The SMILES string of the molecule is CC(=O)OC1OC(c2cccc(F)c2C)c2cc(Cl)ccc2NC1=O. The van der Waals surface area contributed by atoms with Gasteiger partial charge in [-0.05, 0) is 42.3 Å². The molecule has 0 spiro atoms. The van der Waals surface area contributed by atoms with Gasteiger partial charge < -0.3 is 14.8 Å². The Morgan fingerprint density at radius 3 is 2.76 bits per heavy atom. The first-order chi connectivity index (χ1) is 11.9. The molecule has 2 unspecified atom stereocenters. The predicted octanol–water partition coefficient (Wildman–Crippen LogP) is 3.73. The molecule has 3 rings (SSSR count). The molecule has 25 heavy (non-hydrogen) atoms. The highest BCUT2D eigenvalue weighted by Crippen LogP contribution is 2.38. The number of esters is 1. The fourth-order valence-corrected chi connectivity index (χ4v) is 2.88. The van der Waals surface area contributed by atoms with Crippen molar-refractivity contribution in [2.45, 2.75) is 26.2 Å². The minimum Gasteiger partial charge on any atom is -0.426 e. The van der Waals surface area contributed by atoms with Crippen molar-refractivity contribution in [3.05, 3.63) is 63.9 Å². The lowest BCUT2D eigenvalue weighted by Gasteiger charge is -2.23. The number of amides is 1. The van der Waals surface area contributed by atoms with Gasteiger partial charge in [-0.25, -0.2) is 4.39 Å². The number of nitrogens with one attached hydrogen (secondary N) is 1. The van der Waals surface area contributed by atoms with Crippen molar-refractivity contribution in [3.8, 4) is 0 Å². The van der Waals surface area contributed by atoms with Crippen LogP contribution in [-0.4, -0.2) is 18.2 Å². The van der Waals surface area contributed by atoms with Gasteiger partial charge in [0.15, 0.2) is 0 Å². The molecule has 2 atom stereocenters. The van der Waals surface area contributed by atoms with Crippen LogP contribution in [0.4, 0.5) is 10.1 Å². The second kappa shape index (κ2) is 6.82. The summed E-state index contributed by atoms with van der Waals surface area (Å²) < 4.78 is 24.7. The van der Waals surface area contributed by atoms with E-state index in [1.54, 1.807) is 37.3 Å². The van der Waals surface area contributed by atoms with Crippen LogP contribution in [0.1, 0.15) is 29.7 Å². The third-order valence-electron chi connectivity index (χ3n) is 3.89. The average molecular weight is 364 g/mol. The molecule has 0 fully saturated rings. The fourth-order valence-electron chi connectivity index (χ4n) is 2.70. The van der Waals surface area contributed by atoms with Gasteiger partial charge in [0, 0.05) is 23.2 Å². The summed E-state index contributed by atoms with van der Waals surface area (Å²) in [5, 5.41) is 3.08. The van der Waals surface area contributed by atoms with Crippen molar-refractivity contribution in [2.75, 3.05) is 5.32 Å². The van der Waals surface area contributed by atoms with Crippen LogP contribution in [0, 0.1) is 12.7 Å². The molecule has 0 saturated carbocycles. The van der Waals surface area contributed by atoms with Gasteiger partial charge in [-0.2, -0.15) is 0 Å². The number of rotatable bonds is 2. The minimum absolute atomic E-state index is 0.370. The van der Waals surface area contributed by atoms with E-state index in [1.165, 1.54) is 13.0 Å². The third-order valence-corrected chi connectivity index (χ3v) is 4.13. The molecule has 5 nitrogen and oxygen atoms in total. The maximum Gasteiger partial charge on any atom is 0.305 e. The summed E-state index contributed by atoms with van der Waals surface area (Å²) in [6.07, 6.45) is -2.30. The number of halogens is 2. The van der Waals surface area contributed by atoms with E-state index in [9.17, 15) is 14.0 Å². The molecule has 2 aromatic rings. The number of benzene rings is 2. The molecule has 0 saturated heterocycles. The number of carbonyl (C=O) groups is 2. The molecule has 0 bridgehead atoms. The first-order valence-electron chi connectivity index (χ1n) is 7.55. The molecular weight excluding hydrogens is 349 g/mol. The summed E-state index contributed by atoms with van der Waals surface area (Å²) in [6, 6.07) is 9.43. The van der Waals surface area contributed by atoms with Gasteiger partial charge in [0.25, 0.3) is 12.2 Å². The molecule has 7 heteroatoms. The summed E-state index contributed by atoms with van der Waals surface area (Å²) >= 11 is 6.08. The van der Waals surface area contributed by atoms with E-state index in [-0.39, 0.29) is 0 Å². The first-order valence-corrected chi connectivity index (χ1v) is 7.92. The summed E-state index contributed by atoms with van der Waals surface area (Å²) in [4.78, 5) is 23.6. The predicted molar refractivity (Wildman–Crippen MR) is 89.7 cm³/mol. The topological polar surface area (TPSA) is 64.6 Å². The van der Waals surface area contributed by atoms with E-state index >= 15 is 0 Å². The average Bonchev–Trinajstić information content (AvgIpc) is 2.67. The molecule has 1 heterocycles. The van der Waals surface area contributed by atoms with E-state index in [0.717, 1.165) is 0 Å². The van der Waals surface area contributed by atoms with E-state index in [2.05, 4.69) is 5.32 Å². The maximum absolute atomic E-state index is 14.0. The van der Waals surface area contributed by atoms with Crippen LogP contribution in [0.5, 0.6) is 0 Å². The lowest BCUT2D eigenvalue weighted by Crippen LogP contribution is -2.33.